The van der Waals surface area contributed by atoms with Crippen molar-refractivity contribution in [3.63, 3.8) is 0 Å². The van der Waals surface area contributed by atoms with E-state index in [0.29, 0.717) is 28.2 Å². The highest BCUT2D eigenvalue weighted by molar-refractivity contribution is 6.31. The minimum Gasteiger partial charge on any atom is -0.491 e. The Balaban J connectivity index is 1.48. The van der Waals surface area contributed by atoms with Crippen LogP contribution in [0.15, 0.2) is 48.7 Å². The van der Waals surface area contributed by atoms with E-state index in [-0.39, 0.29) is 12.4 Å². The minimum absolute atomic E-state index is 0.175. The normalized spacial score (nSPS) is 16.7. The Bertz CT molecular complexity index is 1020. The maximum Gasteiger partial charge on any atom is 0.132 e. The van der Waals surface area contributed by atoms with Crippen LogP contribution < -0.4 is 4.74 Å². The maximum atomic E-state index is 14.1. The first kappa shape index (κ1) is 21.0. The Hall–Kier alpha value is -2.25. The summed E-state index contributed by atoms with van der Waals surface area (Å²) in [4.78, 5) is 8.87. The first-order valence-electron chi connectivity index (χ1n) is 10.1. The molecule has 0 bridgehead atoms. The SMILES string of the molecule is CN1CCN(CC(O)COc2cc(Cl)cc(-c3ccc(F)c4cccnc34)c2)CC1. The van der Waals surface area contributed by atoms with Crippen LogP contribution in [0.1, 0.15) is 0 Å². The fourth-order valence-corrected chi connectivity index (χ4v) is 3.97. The molecule has 1 aliphatic rings. The van der Waals surface area contributed by atoms with Gasteiger partial charge < -0.3 is 14.7 Å². The van der Waals surface area contributed by atoms with Gasteiger partial charge in [0.15, 0.2) is 0 Å². The van der Waals surface area contributed by atoms with Crippen molar-refractivity contribution in [1.29, 1.82) is 0 Å². The molecule has 2 aromatic carbocycles. The number of piperazine rings is 1. The van der Waals surface area contributed by atoms with E-state index in [9.17, 15) is 9.50 Å². The number of aromatic nitrogens is 1. The molecule has 30 heavy (non-hydrogen) atoms. The largest absolute Gasteiger partial charge is 0.491 e. The number of pyridine rings is 1. The van der Waals surface area contributed by atoms with Gasteiger partial charge in [0.05, 0.1) is 5.52 Å². The van der Waals surface area contributed by atoms with Crippen LogP contribution in [0.5, 0.6) is 5.75 Å². The molecule has 0 amide bonds. The molecule has 2 heterocycles. The molecule has 1 unspecified atom stereocenters. The molecule has 1 fully saturated rings. The number of hydrogen-bond acceptors (Lipinski definition) is 5. The topological polar surface area (TPSA) is 48.8 Å². The van der Waals surface area contributed by atoms with Crippen molar-refractivity contribution >= 4 is 22.5 Å². The zero-order valence-electron chi connectivity index (χ0n) is 16.9. The number of hydrogen-bond donors (Lipinski definition) is 1. The zero-order chi connectivity index (χ0) is 21.1. The van der Waals surface area contributed by atoms with Crippen molar-refractivity contribution in [1.82, 2.24) is 14.8 Å². The maximum absolute atomic E-state index is 14.1. The number of likely N-dealkylation sites (N-methyl/N-ethyl adjacent to an activating group) is 1. The van der Waals surface area contributed by atoms with E-state index >= 15 is 0 Å². The molecule has 0 spiro atoms. The van der Waals surface area contributed by atoms with Gasteiger partial charge in [-0.15, -0.1) is 0 Å². The Morgan fingerprint density at radius 2 is 1.97 bits per heavy atom. The number of fused-ring (bicyclic) bond motifs is 1. The third kappa shape index (κ3) is 4.90. The van der Waals surface area contributed by atoms with Crippen LogP contribution in [0.25, 0.3) is 22.0 Å². The minimum atomic E-state index is -0.593. The number of rotatable bonds is 6. The lowest BCUT2D eigenvalue weighted by molar-refractivity contribution is 0.0505. The molecule has 158 valence electrons. The van der Waals surface area contributed by atoms with Gasteiger partial charge in [0.2, 0.25) is 0 Å². The van der Waals surface area contributed by atoms with Gasteiger partial charge in [0.1, 0.15) is 24.3 Å². The fourth-order valence-electron chi connectivity index (χ4n) is 3.75. The van der Waals surface area contributed by atoms with Gasteiger partial charge in [0.25, 0.3) is 0 Å². The molecule has 1 saturated heterocycles. The fraction of sp³-hybridized carbons (Fsp3) is 0.348. The third-order valence-corrected chi connectivity index (χ3v) is 5.62. The van der Waals surface area contributed by atoms with E-state index in [1.54, 1.807) is 36.5 Å². The monoisotopic (exact) mass is 429 g/mol. The van der Waals surface area contributed by atoms with Crippen LogP contribution in [0.3, 0.4) is 0 Å². The summed E-state index contributed by atoms with van der Waals surface area (Å²) in [6.45, 7) is 4.65. The van der Waals surface area contributed by atoms with Gasteiger partial charge in [-0.05, 0) is 55.1 Å². The van der Waals surface area contributed by atoms with Crippen molar-refractivity contribution in [3.8, 4) is 16.9 Å². The summed E-state index contributed by atoms with van der Waals surface area (Å²) in [7, 11) is 2.10. The summed E-state index contributed by atoms with van der Waals surface area (Å²) in [6, 6.07) is 11.9. The molecule has 1 aliphatic heterocycles. The average Bonchev–Trinajstić information content (AvgIpc) is 2.74. The van der Waals surface area contributed by atoms with E-state index < -0.39 is 6.10 Å². The summed E-state index contributed by atoms with van der Waals surface area (Å²) in [5.74, 6) is 0.246. The second kappa shape index (κ2) is 9.27. The van der Waals surface area contributed by atoms with E-state index in [2.05, 4.69) is 21.8 Å². The number of halogens is 2. The number of ether oxygens (including phenoxy) is 1. The highest BCUT2D eigenvalue weighted by Gasteiger charge is 2.18. The van der Waals surface area contributed by atoms with Crippen LogP contribution in [0, 0.1) is 5.82 Å². The Morgan fingerprint density at radius 1 is 1.17 bits per heavy atom. The van der Waals surface area contributed by atoms with E-state index in [4.69, 9.17) is 16.3 Å². The van der Waals surface area contributed by atoms with Crippen LogP contribution in [0.4, 0.5) is 4.39 Å². The van der Waals surface area contributed by atoms with Crippen molar-refractivity contribution in [2.24, 2.45) is 0 Å². The van der Waals surface area contributed by atoms with Gasteiger partial charge in [-0.1, -0.05) is 11.6 Å². The van der Waals surface area contributed by atoms with E-state index in [1.165, 1.54) is 6.07 Å². The molecule has 7 heteroatoms. The van der Waals surface area contributed by atoms with Crippen molar-refractivity contribution in [2.75, 3.05) is 46.4 Å². The Kier molecular flexibility index (Phi) is 6.49. The number of β-amino-alcohol motifs (C(OH)–C–C–N with tert-alkyl or cyclic N) is 1. The second-order valence-electron chi connectivity index (χ2n) is 7.74. The standard InChI is InChI=1S/C23H25ClFN3O2/c1-27-7-9-28(10-8-27)14-18(29)15-30-19-12-16(11-17(24)13-19)20-4-5-22(25)21-3-2-6-26-23(20)21/h2-6,11-13,18,29H,7-10,14-15H2,1H3. The van der Waals surface area contributed by atoms with Gasteiger partial charge in [-0.2, -0.15) is 0 Å². The summed E-state index contributed by atoms with van der Waals surface area (Å²) in [5, 5.41) is 11.4. The molecule has 3 aromatic rings. The molecule has 1 aromatic heterocycles. The molecule has 0 radical (unpaired) electrons. The first-order valence-corrected chi connectivity index (χ1v) is 10.4. The van der Waals surface area contributed by atoms with Crippen LogP contribution in [-0.4, -0.2) is 72.4 Å². The highest BCUT2D eigenvalue weighted by atomic mass is 35.5. The number of benzene rings is 2. The predicted octanol–water partition coefficient (Wildman–Crippen LogP) is 3.68. The van der Waals surface area contributed by atoms with Gasteiger partial charge in [0, 0.05) is 54.9 Å². The van der Waals surface area contributed by atoms with Crippen LogP contribution >= 0.6 is 11.6 Å². The molecule has 0 aliphatic carbocycles. The number of aliphatic hydroxyl groups excluding tert-OH is 1. The van der Waals surface area contributed by atoms with E-state index in [0.717, 1.165) is 37.3 Å². The molecule has 4 rings (SSSR count). The summed E-state index contributed by atoms with van der Waals surface area (Å²) in [5.41, 5.74) is 2.13. The average molecular weight is 430 g/mol. The summed E-state index contributed by atoms with van der Waals surface area (Å²) in [6.07, 6.45) is 1.05. The lowest BCUT2D eigenvalue weighted by atomic mass is 10.0. The van der Waals surface area contributed by atoms with Gasteiger partial charge in [-0.25, -0.2) is 4.39 Å². The molecule has 1 atom stereocenters. The van der Waals surface area contributed by atoms with Crippen LogP contribution in [-0.2, 0) is 0 Å². The number of aliphatic hydroxyl groups is 1. The predicted molar refractivity (Wildman–Crippen MR) is 118 cm³/mol. The summed E-state index contributed by atoms with van der Waals surface area (Å²) >= 11 is 6.32. The highest BCUT2D eigenvalue weighted by Crippen LogP contribution is 2.33. The lowest BCUT2D eigenvalue weighted by Gasteiger charge is -2.33. The molecular weight excluding hydrogens is 405 g/mol. The van der Waals surface area contributed by atoms with Crippen molar-refractivity contribution in [2.45, 2.75) is 6.10 Å². The summed E-state index contributed by atoms with van der Waals surface area (Å²) < 4.78 is 20.0. The first-order chi connectivity index (χ1) is 14.5. The Morgan fingerprint density at radius 3 is 2.77 bits per heavy atom. The molecule has 1 N–H and O–H groups in total. The second-order valence-corrected chi connectivity index (χ2v) is 8.18. The number of nitrogens with zero attached hydrogens (tertiary/aromatic N) is 3. The quantitative estimate of drug-likeness (QED) is 0.647. The molecule has 5 nitrogen and oxygen atoms in total. The zero-order valence-corrected chi connectivity index (χ0v) is 17.6. The lowest BCUT2D eigenvalue weighted by Crippen LogP contribution is -2.47. The van der Waals surface area contributed by atoms with Crippen molar-refractivity contribution < 1.29 is 14.2 Å². The van der Waals surface area contributed by atoms with E-state index in [1.807, 2.05) is 6.07 Å². The smallest absolute Gasteiger partial charge is 0.132 e. The van der Waals surface area contributed by atoms with Gasteiger partial charge >= 0.3 is 0 Å². The van der Waals surface area contributed by atoms with Crippen molar-refractivity contribution in [3.05, 3.63) is 59.5 Å². The Labute approximate surface area is 180 Å². The molecule has 0 saturated carbocycles. The van der Waals surface area contributed by atoms with Crippen LogP contribution in [0.2, 0.25) is 5.02 Å². The third-order valence-electron chi connectivity index (χ3n) is 5.41. The molecular formula is C23H25ClFN3O2. The van der Waals surface area contributed by atoms with Gasteiger partial charge in [-0.3, -0.25) is 9.88 Å².